The van der Waals surface area contributed by atoms with E-state index in [9.17, 15) is 4.79 Å². The van der Waals surface area contributed by atoms with Gasteiger partial charge < -0.3 is 15.3 Å². The Balaban J connectivity index is 2.56. The van der Waals surface area contributed by atoms with Crippen molar-refractivity contribution in [1.29, 1.82) is 0 Å². The number of carboxylic acid groups (broad SMARTS) is 1. The van der Waals surface area contributed by atoms with Crippen LogP contribution in [0.25, 0.3) is 0 Å². The molecule has 98 valence electrons. The average Bonchev–Trinajstić information content (AvgIpc) is 2.24. The van der Waals surface area contributed by atoms with Gasteiger partial charge in [-0.1, -0.05) is 19.8 Å². The van der Waals surface area contributed by atoms with Gasteiger partial charge in [0.25, 0.3) is 0 Å². The molecule has 0 aromatic heterocycles. The third-order valence-corrected chi connectivity index (χ3v) is 3.79. The third-order valence-electron chi connectivity index (χ3n) is 3.79. The number of carbonyl (C=O) groups is 1. The summed E-state index contributed by atoms with van der Waals surface area (Å²) in [7, 11) is 4.22. The minimum Gasteiger partial charge on any atom is -0.478 e. The molecule has 0 aromatic carbocycles. The summed E-state index contributed by atoms with van der Waals surface area (Å²) in [6.45, 7) is 3.11. The average molecular weight is 240 g/mol. The molecule has 0 aliphatic heterocycles. The number of nitrogens with zero attached hydrogens (tertiary/aromatic N) is 1. The van der Waals surface area contributed by atoms with Crippen molar-refractivity contribution in [2.75, 3.05) is 20.6 Å². The van der Waals surface area contributed by atoms with E-state index in [1.54, 1.807) is 0 Å². The molecule has 4 heteroatoms. The van der Waals surface area contributed by atoms with Crippen molar-refractivity contribution < 1.29 is 9.90 Å². The van der Waals surface area contributed by atoms with Gasteiger partial charge in [-0.25, -0.2) is 4.79 Å². The van der Waals surface area contributed by atoms with Crippen molar-refractivity contribution >= 4 is 5.97 Å². The maximum atomic E-state index is 10.4. The fourth-order valence-electron chi connectivity index (χ4n) is 2.74. The van der Waals surface area contributed by atoms with Gasteiger partial charge in [-0.2, -0.15) is 0 Å². The Kier molecular flexibility index (Phi) is 5.00. The Hall–Kier alpha value is -1.03. The van der Waals surface area contributed by atoms with E-state index in [1.165, 1.54) is 31.9 Å². The van der Waals surface area contributed by atoms with Crippen LogP contribution in [0.15, 0.2) is 12.3 Å². The Morgan fingerprint density at radius 2 is 2.29 bits per heavy atom. The lowest BCUT2D eigenvalue weighted by molar-refractivity contribution is -0.131. The standard InChI is InChI=1S/C13H24N2O2/c1-11-5-4-7-13(9-11,15(2)3)10-14-8-6-12(16)17/h6,8,11,14H,4-5,7,9-10H2,1-3H3,(H,16,17)/b8-6+. The van der Waals surface area contributed by atoms with Gasteiger partial charge in [-0.05, 0) is 32.9 Å². The van der Waals surface area contributed by atoms with E-state index in [-0.39, 0.29) is 5.54 Å². The molecule has 0 amide bonds. The van der Waals surface area contributed by atoms with Crippen LogP contribution >= 0.6 is 0 Å². The van der Waals surface area contributed by atoms with E-state index in [0.717, 1.165) is 18.5 Å². The molecule has 1 fully saturated rings. The molecule has 1 rings (SSSR count). The fraction of sp³-hybridized carbons (Fsp3) is 0.769. The normalized spacial score (nSPS) is 29.8. The van der Waals surface area contributed by atoms with Crippen LogP contribution in [0.1, 0.15) is 32.6 Å². The van der Waals surface area contributed by atoms with E-state index in [4.69, 9.17) is 5.11 Å². The van der Waals surface area contributed by atoms with E-state index < -0.39 is 5.97 Å². The second kappa shape index (κ2) is 6.05. The first-order chi connectivity index (χ1) is 7.96. The summed E-state index contributed by atoms with van der Waals surface area (Å²) in [5.41, 5.74) is 0.167. The molecule has 2 unspecified atom stereocenters. The third kappa shape index (κ3) is 4.04. The molecule has 0 saturated heterocycles. The first-order valence-corrected chi connectivity index (χ1v) is 6.26. The molecule has 0 spiro atoms. The molecule has 1 aliphatic rings. The molecule has 2 atom stereocenters. The maximum absolute atomic E-state index is 10.4. The van der Waals surface area contributed by atoms with Crippen LogP contribution < -0.4 is 5.32 Å². The van der Waals surface area contributed by atoms with E-state index in [2.05, 4.69) is 31.2 Å². The van der Waals surface area contributed by atoms with Crippen molar-refractivity contribution in [1.82, 2.24) is 10.2 Å². The first-order valence-electron chi connectivity index (χ1n) is 6.26. The number of rotatable bonds is 5. The first kappa shape index (κ1) is 14.0. The summed E-state index contributed by atoms with van der Waals surface area (Å²) in [6, 6.07) is 0. The van der Waals surface area contributed by atoms with Crippen LogP contribution in [0.2, 0.25) is 0 Å². The minimum atomic E-state index is -0.909. The Bertz CT molecular complexity index is 289. The lowest BCUT2D eigenvalue weighted by Gasteiger charge is -2.45. The molecule has 0 heterocycles. The molecular weight excluding hydrogens is 216 g/mol. The number of likely N-dealkylation sites (N-methyl/N-ethyl adjacent to an activating group) is 1. The smallest absolute Gasteiger partial charge is 0.329 e. The Morgan fingerprint density at radius 1 is 1.59 bits per heavy atom. The summed E-state index contributed by atoms with van der Waals surface area (Å²) in [5, 5.41) is 11.7. The highest BCUT2D eigenvalue weighted by atomic mass is 16.4. The number of carboxylic acids is 1. The monoisotopic (exact) mass is 240 g/mol. The number of hydrogen-bond donors (Lipinski definition) is 2. The van der Waals surface area contributed by atoms with E-state index in [0.29, 0.717) is 0 Å². The topological polar surface area (TPSA) is 52.6 Å². The molecule has 17 heavy (non-hydrogen) atoms. The molecule has 0 aromatic rings. The fourth-order valence-corrected chi connectivity index (χ4v) is 2.74. The highest BCUT2D eigenvalue weighted by Gasteiger charge is 2.36. The van der Waals surface area contributed by atoms with Gasteiger partial charge in [0, 0.05) is 24.4 Å². The highest BCUT2D eigenvalue weighted by Crippen LogP contribution is 2.35. The molecule has 1 saturated carbocycles. The van der Waals surface area contributed by atoms with Gasteiger partial charge in [0.2, 0.25) is 0 Å². The van der Waals surface area contributed by atoms with Gasteiger partial charge >= 0.3 is 5.97 Å². The van der Waals surface area contributed by atoms with Gasteiger partial charge in [0.15, 0.2) is 0 Å². The van der Waals surface area contributed by atoms with Crippen LogP contribution in [-0.2, 0) is 4.79 Å². The van der Waals surface area contributed by atoms with Crippen molar-refractivity contribution in [3.63, 3.8) is 0 Å². The zero-order valence-electron chi connectivity index (χ0n) is 11.1. The molecule has 0 radical (unpaired) electrons. The molecule has 4 nitrogen and oxygen atoms in total. The zero-order valence-corrected chi connectivity index (χ0v) is 11.1. The summed E-state index contributed by atoms with van der Waals surface area (Å²) in [5.74, 6) is -0.162. The Morgan fingerprint density at radius 3 is 2.82 bits per heavy atom. The molecule has 2 N–H and O–H groups in total. The van der Waals surface area contributed by atoms with E-state index in [1.807, 2.05) is 0 Å². The lowest BCUT2D eigenvalue weighted by Crippen LogP contribution is -2.53. The maximum Gasteiger partial charge on any atom is 0.329 e. The highest BCUT2D eigenvalue weighted by molar-refractivity contribution is 5.79. The minimum absolute atomic E-state index is 0.167. The lowest BCUT2D eigenvalue weighted by atomic mass is 9.75. The number of nitrogens with one attached hydrogen (secondary N) is 1. The zero-order chi connectivity index (χ0) is 12.9. The van der Waals surface area contributed by atoms with Crippen molar-refractivity contribution in [2.24, 2.45) is 5.92 Å². The second-order valence-electron chi connectivity index (χ2n) is 5.37. The van der Waals surface area contributed by atoms with Crippen molar-refractivity contribution in [3.8, 4) is 0 Å². The predicted octanol–water partition coefficient (Wildman–Crippen LogP) is 1.68. The van der Waals surface area contributed by atoms with Gasteiger partial charge in [0.1, 0.15) is 0 Å². The number of aliphatic carboxylic acids is 1. The summed E-state index contributed by atoms with van der Waals surface area (Å²) < 4.78 is 0. The Labute approximate surface area is 104 Å². The van der Waals surface area contributed by atoms with Crippen LogP contribution in [0.4, 0.5) is 0 Å². The second-order valence-corrected chi connectivity index (χ2v) is 5.37. The van der Waals surface area contributed by atoms with Crippen molar-refractivity contribution in [2.45, 2.75) is 38.1 Å². The van der Waals surface area contributed by atoms with Crippen molar-refractivity contribution in [3.05, 3.63) is 12.3 Å². The van der Waals surface area contributed by atoms with Crippen LogP contribution in [0.3, 0.4) is 0 Å². The summed E-state index contributed by atoms with van der Waals surface area (Å²) in [4.78, 5) is 12.7. The largest absolute Gasteiger partial charge is 0.478 e. The molecule has 1 aliphatic carbocycles. The summed E-state index contributed by atoms with van der Waals surface area (Å²) in [6.07, 6.45) is 7.60. The molecule has 0 bridgehead atoms. The van der Waals surface area contributed by atoms with Gasteiger partial charge in [0.05, 0.1) is 0 Å². The number of hydrogen-bond acceptors (Lipinski definition) is 3. The van der Waals surface area contributed by atoms with Gasteiger partial charge in [-0.15, -0.1) is 0 Å². The predicted molar refractivity (Wildman–Crippen MR) is 68.8 cm³/mol. The summed E-state index contributed by atoms with van der Waals surface area (Å²) >= 11 is 0. The van der Waals surface area contributed by atoms with Gasteiger partial charge in [-0.3, -0.25) is 0 Å². The quantitative estimate of drug-likeness (QED) is 0.718. The van der Waals surface area contributed by atoms with Crippen LogP contribution in [0, 0.1) is 5.92 Å². The van der Waals surface area contributed by atoms with Crippen LogP contribution in [0.5, 0.6) is 0 Å². The van der Waals surface area contributed by atoms with E-state index >= 15 is 0 Å². The SMILES string of the molecule is CC1CCCC(CN/C=C/C(=O)O)(N(C)C)C1. The molecular formula is C13H24N2O2. The van der Waals surface area contributed by atoms with Crippen LogP contribution in [-0.4, -0.2) is 42.2 Å².